The van der Waals surface area contributed by atoms with Crippen LogP contribution in [-0.4, -0.2) is 20.4 Å². The second-order valence-electron chi connectivity index (χ2n) is 4.68. The maximum atomic E-state index is 8.57. The van der Waals surface area contributed by atoms with E-state index in [2.05, 4.69) is 31.0 Å². The number of benzene rings is 2. The first-order valence-corrected chi connectivity index (χ1v) is 6.88. The van der Waals surface area contributed by atoms with Crippen molar-refractivity contribution in [2.75, 3.05) is 10.6 Å². The van der Waals surface area contributed by atoms with E-state index in [1.54, 1.807) is 48.5 Å². The zero-order valence-electron chi connectivity index (χ0n) is 12.3. The molecule has 0 aliphatic rings. The lowest BCUT2D eigenvalue weighted by Crippen LogP contribution is -1.99. The molecule has 0 amide bonds. The molecule has 2 aromatic carbocycles. The molecule has 0 spiro atoms. The molecule has 24 heavy (non-hydrogen) atoms. The van der Waals surface area contributed by atoms with E-state index in [0.29, 0.717) is 23.0 Å². The van der Waals surface area contributed by atoms with Crippen LogP contribution in [0, 0.1) is 22.9 Å². The number of anilines is 2. The van der Waals surface area contributed by atoms with Gasteiger partial charge in [-0.15, -0.1) is 20.4 Å². The van der Waals surface area contributed by atoms with Crippen molar-refractivity contribution in [2.24, 2.45) is 0 Å². The Morgan fingerprint density at radius 3 is 1.21 bits per heavy atom. The highest BCUT2D eigenvalue weighted by molar-refractivity contribution is 5.62. The van der Waals surface area contributed by atoms with Gasteiger partial charge in [0, 0.05) is 22.5 Å². The fourth-order valence-electron chi connectivity index (χ4n) is 1.99. The van der Waals surface area contributed by atoms with Crippen LogP contribution >= 0.6 is 0 Å². The molecule has 0 saturated heterocycles. The van der Waals surface area contributed by atoms with Gasteiger partial charge in [0.15, 0.2) is 12.4 Å². The van der Waals surface area contributed by atoms with Crippen LogP contribution in [0.1, 0.15) is 0 Å². The summed E-state index contributed by atoms with van der Waals surface area (Å²) in [6, 6.07) is 14.1. The summed E-state index contributed by atoms with van der Waals surface area (Å²) in [5.41, 5.74) is 2.87. The average Bonchev–Trinajstić information content (AvgIpc) is 2.64. The van der Waals surface area contributed by atoms with Gasteiger partial charge < -0.3 is 0 Å². The van der Waals surface area contributed by atoms with Crippen molar-refractivity contribution >= 4 is 11.4 Å². The van der Waals surface area contributed by atoms with E-state index in [9.17, 15) is 0 Å². The zero-order valence-corrected chi connectivity index (χ0v) is 12.3. The summed E-state index contributed by atoms with van der Waals surface area (Å²) in [6.45, 7) is 0. The van der Waals surface area contributed by atoms with Crippen molar-refractivity contribution in [1.29, 1.82) is 10.5 Å². The first-order chi connectivity index (χ1) is 11.8. The summed E-state index contributed by atoms with van der Waals surface area (Å²) >= 11 is 0. The minimum absolute atomic E-state index is 0.394. The number of hydrogen-bond acceptors (Lipinski definition) is 8. The normalized spacial score (nSPS) is 9.58. The van der Waals surface area contributed by atoms with E-state index in [1.165, 1.54) is 0 Å². The molecule has 0 radical (unpaired) electrons. The molecule has 1 aromatic heterocycles. The molecule has 0 saturated carbocycles. The quantitative estimate of drug-likeness (QED) is 0.555. The van der Waals surface area contributed by atoms with Crippen LogP contribution in [0.2, 0.25) is 0 Å². The lowest BCUT2D eigenvalue weighted by Gasteiger charge is -2.03. The molecule has 114 valence electrons. The molecule has 3 aromatic rings. The van der Waals surface area contributed by atoms with Crippen LogP contribution in [-0.2, 0) is 0 Å². The third kappa shape index (κ3) is 3.24. The van der Waals surface area contributed by atoms with Gasteiger partial charge in [0.2, 0.25) is 11.6 Å². The molecule has 8 nitrogen and oxygen atoms in total. The van der Waals surface area contributed by atoms with E-state index in [-0.39, 0.29) is 0 Å². The van der Waals surface area contributed by atoms with Crippen LogP contribution in [0.15, 0.2) is 48.5 Å². The Balaban J connectivity index is 1.80. The second kappa shape index (κ2) is 6.81. The Bertz CT molecular complexity index is 824. The molecule has 2 N–H and O–H groups in total. The van der Waals surface area contributed by atoms with Crippen molar-refractivity contribution < 1.29 is 0 Å². The van der Waals surface area contributed by atoms with Gasteiger partial charge in [-0.25, -0.2) is 0 Å². The summed E-state index contributed by atoms with van der Waals surface area (Å²) in [7, 11) is 0. The van der Waals surface area contributed by atoms with Crippen molar-refractivity contribution in [1.82, 2.24) is 20.4 Å². The molecule has 3 rings (SSSR count). The largest absolute Gasteiger partial charge is 0.293 e. The van der Waals surface area contributed by atoms with Gasteiger partial charge in [0.05, 0.1) is 0 Å². The van der Waals surface area contributed by atoms with Crippen molar-refractivity contribution in [2.45, 2.75) is 0 Å². The monoisotopic (exact) mass is 314 g/mol. The van der Waals surface area contributed by atoms with Crippen molar-refractivity contribution in [3.8, 4) is 35.2 Å². The van der Waals surface area contributed by atoms with Crippen molar-refractivity contribution in [3.63, 3.8) is 0 Å². The maximum Gasteiger partial charge on any atom is 0.203 e. The van der Waals surface area contributed by atoms with Gasteiger partial charge in [-0.05, 0) is 48.5 Å². The summed E-state index contributed by atoms with van der Waals surface area (Å²) in [4.78, 5) is 0. The first-order valence-electron chi connectivity index (χ1n) is 6.88. The Morgan fingerprint density at radius 2 is 0.917 bits per heavy atom. The van der Waals surface area contributed by atoms with Crippen molar-refractivity contribution in [3.05, 3.63) is 48.5 Å². The topological polar surface area (TPSA) is 123 Å². The van der Waals surface area contributed by atoms with Crippen LogP contribution < -0.4 is 10.6 Å². The molecule has 0 bridgehead atoms. The highest BCUT2D eigenvalue weighted by Gasteiger charge is 2.07. The number of rotatable bonds is 4. The molecule has 1 heterocycles. The molecule has 0 unspecified atom stereocenters. The van der Waals surface area contributed by atoms with Gasteiger partial charge in [0.25, 0.3) is 0 Å². The third-order valence-corrected chi connectivity index (χ3v) is 3.17. The highest BCUT2D eigenvalue weighted by Crippen LogP contribution is 2.19. The SMILES string of the molecule is N#CNc1ccc(-c2nnc(-c3ccc(NC#N)cc3)nn2)cc1. The number of nitrogens with one attached hydrogen (secondary N) is 2. The van der Waals surface area contributed by atoms with Gasteiger partial charge in [0.1, 0.15) is 0 Å². The number of nitrogens with zero attached hydrogens (tertiary/aromatic N) is 6. The lowest BCUT2D eigenvalue weighted by molar-refractivity contribution is 0.876. The number of aromatic nitrogens is 4. The van der Waals surface area contributed by atoms with E-state index in [1.807, 2.05) is 12.4 Å². The Hall–Kier alpha value is -4.04. The molecular formula is C16H10N8. The summed E-state index contributed by atoms with van der Waals surface area (Å²) < 4.78 is 0. The first kappa shape index (κ1) is 14.9. The van der Waals surface area contributed by atoms with E-state index in [0.717, 1.165) is 11.1 Å². The average molecular weight is 314 g/mol. The number of nitriles is 2. The van der Waals surface area contributed by atoms with Gasteiger partial charge >= 0.3 is 0 Å². The summed E-state index contributed by atoms with van der Waals surface area (Å²) in [6.07, 6.45) is 3.70. The van der Waals surface area contributed by atoms with Gasteiger partial charge in [-0.1, -0.05) is 0 Å². The third-order valence-electron chi connectivity index (χ3n) is 3.17. The van der Waals surface area contributed by atoms with Crippen LogP contribution in [0.5, 0.6) is 0 Å². The minimum Gasteiger partial charge on any atom is -0.293 e. The standard InChI is InChI=1S/C16H10N8/c17-9-19-13-5-1-11(2-6-13)15-21-23-16(24-22-15)12-3-7-14(8-4-12)20-10-18/h1-8,19-20H. The van der Waals surface area contributed by atoms with Gasteiger partial charge in [-0.3, -0.25) is 10.6 Å². The van der Waals surface area contributed by atoms with Crippen LogP contribution in [0.3, 0.4) is 0 Å². The second-order valence-corrected chi connectivity index (χ2v) is 4.68. The summed E-state index contributed by atoms with van der Waals surface area (Å²) in [5.74, 6) is 0.787. The van der Waals surface area contributed by atoms with Crippen LogP contribution in [0.4, 0.5) is 11.4 Å². The fraction of sp³-hybridized carbons (Fsp3) is 0. The molecule has 8 heteroatoms. The number of hydrogen-bond donors (Lipinski definition) is 2. The molecule has 0 aliphatic carbocycles. The van der Waals surface area contributed by atoms with Crippen LogP contribution in [0.25, 0.3) is 22.8 Å². The highest BCUT2D eigenvalue weighted by atomic mass is 15.3. The minimum atomic E-state index is 0.394. The summed E-state index contributed by atoms with van der Waals surface area (Å²) in [5, 5.41) is 38.5. The Labute approximate surface area is 137 Å². The van der Waals surface area contributed by atoms with E-state index in [4.69, 9.17) is 10.5 Å². The maximum absolute atomic E-state index is 8.57. The zero-order chi connectivity index (χ0) is 16.8. The lowest BCUT2D eigenvalue weighted by atomic mass is 10.2. The Kier molecular flexibility index (Phi) is 4.22. The Morgan fingerprint density at radius 1 is 0.583 bits per heavy atom. The molecule has 0 fully saturated rings. The van der Waals surface area contributed by atoms with Gasteiger partial charge in [-0.2, -0.15) is 10.5 Å². The fourth-order valence-corrected chi connectivity index (χ4v) is 1.99. The molecular weight excluding hydrogens is 304 g/mol. The predicted molar refractivity (Wildman–Crippen MR) is 87.0 cm³/mol. The van der Waals surface area contributed by atoms with E-state index >= 15 is 0 Å². The molecule has 0 aliphatic heterocycles. The predicted octanol–water partition coefficient (Wildman–Crippen LogP) is 2.39. The molecule has 0 atom stereocenters. The van der Waals surface area contributed by atoms with E-state index < -0.39 is 0 Å². The smallest absolute Gasteiger partial charge is 0.203 e.